The van der Waals surface area contributed by atoms with Gasteiger partial charge in [-0.05, 0) is 48.3 Å². The summed E-state index contributed by atoms with van der Waals surface area (Å²) < 4.78 is 22.9. The summed E-state index contributed by atoms with van der Waals surface area (Å²) in [6.07, 6.45) is 4.98. The lowest BCUT2D eigenvalue weighted by molar-refractivity contribution is 0.151. The number of hydrogen-bond acceptors (Lipinski definition) is 3. The summed E-state index contributed by atoms with van der Waals surface area (Å²) in [6, 6.07) is 7.75. The van der Waals surface area contributed by atoms with Crippen molar-refractivity contribution < 1.29 is 8.42 Å². The maximum Gasteiger partial charge on any atom is 0.175 e. The van der Waals surface area contributed by atoms with E-state index in [1.165, 1.54) is 25.5 Å². The third kappa shape index (κ3) is 4.82. The lowest BCUT2D eigenvalue weighted by Crippen LogP contribution is -2.39. The van der Waals surface area contributed by atoms with Gasteiger partial charge in [0.2, 0.25) is 0 Å². The molecule has 21 heavy (non-hydrogen) atoms. The molecule has 1 N–H and O–H groups in total. The first-order valence-electron chi connectivity index (χ1n) is 7.68. The second-order valence-electron chi connectivity index (χ2n) is 7.41. The van der Waals surface area contributed by atoms with Crippen molar-refractivity contribution in [2.45, 2.75) is 57.5 Å². The third-order valence-electron chi connectivity index (χ3n) is 4.33. The summed E-state index contributed by atoms with van der Waals surface area (Å²) in [5, 5.41) is 3.63. The predicted octanol–water partition coefficient (Wildman–Crippen LogP) is 3.39. The topological polar surface area (TPSA) is 46.2 Å². The Hall–Kier alpha value is -0.870. The van der Waals surface area contributed by atoms with Crippen molar-refractivity contribution in [1.29, 1.82) is 0 Å². The van der Waals surface area contributed by atoms with E-state index in [0.717, 1.165) is 18.0 Å². The lowest BCUT2D eigenvalue weighted by Gasteiger charge is -2.39. The first-order valence-corrected chi connectivity index (χ1v) is 9.57. The van der Waals surface area contributed by atoms with Crippen LogP contribution < -0.4 is 5.32 Å². The van der Waals surface area contributed by atoms with Gasteiger partial charge in [-0.3, -0.25) is 0 Å². The van der Waals surface area contributed by atoms with Crippen LogP contribution in [0.5, 0.6) is 0 Å². The smallest absolute Gasteiger partial charge is 0.175 e. The fraction of sp³-hybridized carbons (Fsp3) is 0.647. The fourth-order valence-corrected chi connectivity index (χ4v) is 4.25. The molecule has 2 atom stereocenters. The third-order valence-corrected chi connectivity index (χ3v) is 5.46. The Morgan fingerprint density at radius 2 is 1.81 bits per heavy atom. The molecule has 1 aromatic carbocycles. The molecular formula is C17H27NO2S. The van der Waals surface area contributed by atoms with Crippen LogP contribution >= 0.6 is 0 Å². The predicted molar refractivity (Wildman–Crippen MR) is 87.0 cm³/mol. The van der Waals surface area contributed by atoms with E-state index in [0.29, 0.717) is 16.4 Å². The van der Waals surface area contributed by atoms with Crippen LogP contribution in [-0.2, 0) is 16.4 Å². The van der Waals surface area contributed by atoms with Gasteiger partial charge in [0.1, 0.15) is 0 Å². The van der Waals surface area contributed by atoms with Crippen LogP contribution in [0.1, 0.15) is 45.6 Å². The van der Waals surface area contributed by atoms with E-state index in [4.69, 9.17) is 0 Å². The highest BCUT2D eigenvalue weighted by Crippen LogP contribution is 2.38. The Balaban J connectivity index is 1.94. The molecule has 4 heteroatoms. The van der Waals surface area contributed by atoms with E-state index in [9.17, 15) is 8.42 Å². The van der Waals surface area contributed by atoms with Crippen LogP contribution in [0, 0.1) is 11.3 Å². The van der Waals surface area contributed by atoms with E-state index >= 15 is 0 Å². The first kappa shape index (κ1) is 16.5. The fourth-order valence-electron chi connectivity index (χ4n) is 3.62. The van der Waals surface area contributed by atoms with Crippen LogP contribution in [0.15, 0.2) is 29.2 Å². The van der Waals surface area contributed by atoms with E-state index in [2.05, 4.69) is 26.1 Å². The minimum absolute atomic E-state index is 0.388. The zero-order valence-corrected chi connectivity index (χ0v) is 14.3. The van der Waals surface area contributed by atoms with Gasteiger partial charge in [-0.25, -0.2) is 8.42 Å². The molecule has 1 aromatic rings. The lowest BCUT2D eigenvalue weighted by atomic mass is 9.70. The minimum Gasteiger partial charge on any atom is -0.310 e. The Morgan fingerprint density at radius 1 is 1.19 bits per heavy atom. The average molecular weight is 309 g/mol. The van der Waals surface area contributed by atoms with Crippen LogP contribution in [0.4, 0.5) is 0 Å². The highest BCUT2D eigenvalue weighted by molar-refractivity contribution is 7.90. The number of hydrogen-bond donors (Lipinski definition) is 1. The average Bonchev–Trinajstić information content (AvgIpc) is 2.33. The molecule has 0 amide bonds. The molecule has 1 aliphatic rings. The standard InChI is InChI=1S/C17H27NO2S/c1-13-9-15(11-17(2,3)10-13)18-12-14-5-7-16(8-6-14)21(4,19)20/h5-8,13,15,18H,9-12H2,1-4H3. The molecule has 1 fully saturated rings. The normalized spacial score (nSPS) is 25.7. The number of nitrogens with one attached hydrogen (secondary N) is 1. The molecule has 2 rings (SSSR count). The van der Waals surface area contributed by atoms with Crippen molar-refractivity contribution in [3.63, 3.8) is 0 Å². The zero-order chi connectivity index (χ0) is 15.7. The van der Waals surface area contributed by atoms with Crippen molar-refractivity contribution in [1.82, 2.24) is 5.32 Å². The van der Waals surface area contributed by atoms with Gasteiger partial charge < -0.3 is 5.32 Å². The van der Waals surface area contributed by atoms with Crippen molar-refractivity contribution in [2.24, 2.45) is 11.3 Å². The van der Waals surface area contributed by atoms with Crippen molar-refractivity contribution >= 4 is 9.84 Å². The summed E-state index contributed by atoms with van der Waals surface area (Å²) in [5.74, 6) is 0.763. The van der Waals surface area contributed by atoms with Gasteiger partial charge in [-0.2, -0.15) is 0 Å². The molecule has 0 aliphatic heterocycles. The summed E-state index contributed by atoms with van der Waals surface area (Å²) in [6.45, 7) is 7.82. The zero-order valence-electron chi connectivity index (χ0n) is 13.5. The molecule has 0 saturated heterocycles. The monoisotopic (exact) mass is 309 g/mol. The number of benzene rings is 1. The van der Waals surface area contributed by atoms with Crippen LogP contribution in [0.2, 0.25) is 0 Å². The largest absolute Gasteiger partial charge is 0.310 e. The van der Waals surface area contributed by atoms with E-state index in [-0.39, 0.29) is 0 Å². The number of sulfone groups is 1. The maximum absolute atomic E-state index is 11.4. The Bertz CT molecular complexity index is 575. The van der Waals surface area contributed by atoms with E-state index in [1.807, 2.05) is 12.1 Å². The SMILES string of the molecule is CC1CC(NCc2ccc(S(C)(=O)=O)cc2)CC(C)(C)C1. The molecule has 0 heterocycles. The van der Waals surface area contributed by atoms with E-state index < -0.39 is 9.84 Å². The van der Waals surface area contributed by atoms with Crippen LogP contribution in [-0.4, -0.2) is 20.7 Å². The summed E-state index contributed by atoms with van der Waals surface area (Å²) in [5.41, 5.74) is 1.55. The molecule has 0 aromatic heterocycles. The van der Waals surface area contributed by atoms with Gasteiger partial charge in [0.05, 0.1) is 4.90 Å². The second-order valence-corrected chi connectivity index (χ2v) is 9.42. The summed E-state index contributed by atoms with van der Waals surface area (Å²) in [7, 11) is -3.10. The molecule has 1 aliphatic carbocycles. The van der Waals surface area contributed by atoms with Crippen molar-refractivity contribution in [3.05, 3.63) is 29.8 Å². The van der Waals surface area contributed by atoms with Gasteiger partial charge in [-0.1, -0.05) is 32.9 Å². The molecular weight excluding hydrogens is 282 g/mol. The van der Waals surface area contributed by atoms with Gasteiger partial charge in [0.25, 0.3) is 0 Å². The van der Waals surface area contributed by atoms with E-state index in [1.54, 1.807) is 12.1 Å². The van der Waals surface area contributed by atoms with Crippen molar-refractivity contribution in [3.8, 4) is 0 Å². The molecule has 1 saturated carbocycles. The Morgan fingerprint density at radius 3 is 2.33 bits per heavy atom. The molecule has 118 valence electrons. The Labute approximate surface area is 129 Å². The second kappa shape index (κ2) is 6.09. The highest BCUT2D eigenvalue weighted by atomic mass is 32.2. The van der Waals surface area contributed by atoms with Gasteiger partial charge in [0.15, 0.2) is 9.84 Å². The molecule has 3 nitrogen and oxygen atoms in total. The molecule has 2 unspecified atom stereocenters. The quantitative estimate of drug-likeness (QED) is 0.927. The Kier molecular flexibility index (Phi) is 4.79. The summed E-state index contributed by atoms with van der Waals surface area (Å²) in [4.78, 5) is 0.388. The van der Waals surface area contributed by atoms with Gasteiger partial charge >= 0.3 is 0 Å². The van der Waals surface area contributed by atoms with Crippen molar-refractivity contribution in [2.75, 3.05) is 6.26 Å². The van der Waals surface area contributed by atoms with Gasteiger partial charge in [-0.15, -0.1) is 0 Å². The van der Waals surface area contributed by atoms with Gasteiger partial charge in [0, 0.05) is 18.8 Å². The molecule has 0 spiro atoms. The highest BCUT2D eigenvalue weighted by Gasteiger charge is 2.31. The first-order chi connectivity index (χ1) is 9.66. The maximum atomic E-state index is 11.4. The minimum atomic E-state index is -3.10. The number of rotatable bonds is 4. The van der Waals surface area contributed by atoms with Crippen LogP contribution in [0.3, 0.4) is 0 Å². The summed E-state index contributed by atoms with van der Waals surface area (Å²) >= 11 is 0. The molecule has 0 radical (unpaired) electrons. The van der Waals surface area contributed by atoms with Crippen LogP contribution in [0.25, 0.3) is 0 Å². The molecule has 0 bridgehead atoms.